The molecule has 0 amide bonds. The fraction of sp³-hybridized carbons (Fsp3) is 0.818. The number of rotatable bonds is 12. The van der Waals surface area contributed by atoms with Crippen molar-refractivity contribution in [3.8, 4) is 0 Å². The van der Waals surface area contributed by atoms with Gasteiger partial charge in [-0.05, 0) is 0 Å². The SMILES string of the molecule is CCC[CH2][Sn]([CH2]CCC)([CH2]CCC)[c]1cc2c(s1)CCC(F)(F)C2O[SiH](C)C. The summed E-state index contributed by atoms with van der Waals surface area (Å²) in [5.41, 5.74) is 0.864. The normalized spacial score (nSPS) is 19.2. The van der Waals surface area contributed by atoms with Gasteiger partial charge < -0.3 is 0 Å². The van der Waals surface area contributed by atoms with Gasteiger partial charge in [0.05, 0.1) is 0 Å². The van der Waals surface area contributed by atoms with Crippen LogP contribution in [0.2, 0.25) is 26.4 Å². The second-order valence-corrected chi connectivity index (χ2v) is 26.6. The molecule has 0 saturated carbocycles. The van der Waals surface area contributed by atoms with Crippen molar-refractivity contribution in [2.45, 2.75) is 111 Å². The average molecular weight is 537 g/mol. The summed E-state index contributed by atoms with van der Waals surface area (Å²) in [6.07, 6.45) is 7.14. The maximum atomic E-state index is 14.7. The van der Waals surface area contributed by atoms with E-state index in [0.717, 1.165) is 5.56 Å². The summed E-state index contributed by atoms with van der Waals surface area (Å²) in [6.45, 7) is 10.9. The third kappa shape index (κ3) is 6.04. The molecule has 1 aliphatic carbocycles. The topological polar surface area (TPSA) is 9.23 Å². The zero-order valence-corrected chi connectivity index (χ0v) is 23.4. The summed E-state index contributed by atoms with van der Waals surface area (Å²) in [6, 6.07) is 2.24. The van der Waals surface area contributed by atoms with Gasteiger partial charge in [0.2, 0.25) is 0 Å². The van der Waals surface area contributed by atoms with E-state index in [-0.39, 0.29) is 6.42 Å². The van der Waals surface area contributed by atoms with Crippen molar-refractivity contribution in [1.29, 1.82) is 0 Å². The molecule has 1 unspecified atom stereocenters. The molecule has 0 radical (unpaired) electrons. The van der Waals surface area contributed by atoms with Crippen LogP contribution in [0.1, 0.15) is 82.3 Å². The molecule has 0 N–H and O–H groups in total. The van der Waals surface area contributed by atoms with Gasteiger partial charge in [0, 0.05) is 0 Å². The van der Waals surface area contributed by atoms with Gasteiger partial charge in [-0.3, -0.25) is 0 Å². The van der Waals surface area contributed by atoms with Crippen LogP contribution in [0.3, 0.4) is 0 Å². The van der Waals surface area contributed by atoms with Crippen LogP contribution in [0, 0.1) is 0 Å². The van der Waals surface area contributed by atoms with E-state index in [2.05, 4.69) is 26.8 Å². The summed E-state index contributed by atoms with van der Waals surface area (Å²) >= 11 is -0.638. The van der Waals surface area contributed by atoms with E-state index in [9.17, 15) is 8.78 Å². The summed E-state index contributed by atoms with van der Waals surface area (Å²) in [5.74, 6) is -2.71. The van der Waals surface area contributed by atoms with E-state index in [4.69, 9.17) is 4.43 Å². The van der Waals surface area contributed by atoms with Crippen molar-refractivity contribution in [2.24, 2.45) is 0 Å². The first-order valence-electron chi connectivity index (χ1n) is 11.5. The zero-order chi connectivity index (χ0) is 20.8. The van der Waals surface area contributed by atoms with E-state index in [1.807, 2.05) is 24.4 Å². The van der Waals surface area contributed by atoms with Crippen molar-refractivity contribution in [1.82, 2.24) is 0 Å². The van der Waals surface area contributed by atoms with Crippen LogP contribution in [-0.2, 0) is 10.8 Å². The Morgan fingerprint density at radius 3 is 2.07 bits per heavy atom. The van der Waals surface area contributed by atoms with Crippen molar-refractivity contribution < 1.29 is 13.2 Å². The number of hydrogen-bond acceptors (Lipinski definition) is 2. The second kappa shape index (κ2) is 11.2. The van der Waals surface area contributed by atoms with Gasteiger partial charge in [0.25, 0.3) is 0 Å². The van der Waals surface area contributed by atoms with Gasteiger partial charge in [0.1, 0.15) is 0 Å². The van der Waals surface area contributed by atoms with Crippen LogP contribution in [-0.4, -0.2) is 33.3 Å². The average Bonchev–Trinajstić information content (AvgIpc) is 3.08. The standard InChI is InChI=1S/C10H13F2OSSi.3C4H9.Sn/c1-15(2)13-9-7-4-6-14-8(7)3-5-10(9,11)12;3*1-3-4-2;/h4,9,15H,3,5H2,1-2H3;3*1,3-4H2,2H3;. The molecular formula is C22H40F2OSSiSn. The first-order valence-corrected chi connectivity index (χ1v) is 22.5. The Labute approximate surface area is 181 Å². The van der Waals surface area contributed by atoms with Gasteiger partial charge >= 0.3 is 182 Å². The molecule has 1 atom stereocenters. The van der Waals surface area contributed by atoms with Gasteiger partial charge in [-0.2, -0.15) is 0 Å². The van der Waals surface area contributed by atoms with Crippen LogP contribution in [0.4, 0.5) is 8.78 Å². The molecule has 0 saturated heterocycles. The number of hydrogen-bond donors (Lipinski definition) is 0. The van der Waals surface area contributed by atoms with Gasteiger partial charge in [-0.1, -0.05) is 0 Å². The maximum absolute atomic E-state index is 14.7. The molecule has 1 nitrogen and oxygen atoms in total. The fourth-order valence-electron chi connectivity index (χ4n) is 4.50. The van der Waals surface area contributed by atoms with Crippen LogP contribution in [0.5, 0.6) is 0 Å². The van der Waals surface area contributed by atoms with Gasteiger partial charge in [-0.25, -0.2) is 0 Å². The zero-order valence-electron chi connectivity index (χ0n) is 18.6. The van der Waals surface area contributed by atoms with E-state index < -0.39 is 39.4 Å². The molecule has 162 valence electrons. The Balaban J connectivity index is 2.45. The molecule has 2 rings (SSSR count). The van der Waals surface area contributed by atoms with Crippen molar-refractivity contribution in [3.05, 3.63) is 16.5 Å². The molecule has 0 spiro atoms. The van der Waals surface area contributed by atoms with E-state index in [1.165, 1.54) is 56.7 Å². The molecule has 0 aromatic carbocycles. The monoisotopic (exact) mass is 538 g/mol. The molecule has 1 aliphatic rings. The summed E-state index contributed by atoms with van der Waals surface area (Å²) < 4.78 is 41.2. The Bertz CT molecular complexity index is 584. The Morgan fingerprint density at radius 1 is 1.07 bits per heavy atom. The first-order chi connectivity index (χ1) is 13.3. The van der Waals surface area contributed by atoms with Gasteiger partial charge in [0.15, 0.2) is 0 Å². The quantitative estimate of drug-likeness (QED) is 0.252. The number of thiophene rings is 1. The molecule has 1 heterocycles. The van der Waals surface area contributed by atoms with Crippen molar-refractivity contribution in [3.63, 3.8) is 0 Å². The van der Waals surface area contributed by atoms with Crippen LogP contribution >= 0.6 is 11.3 Å². The molecule has 1 aromatic heterocycles. The van der Waals surface area contributed by atoms with Crippen molar-refractivity contribution in [2.75, 3.05) is 0 Å². The minimum absolute atomic E-state index is 0.0485. The predicted octanol–water partition coefficient (Wildman–Crippen LogP) is 7.43. The third-order valence-corrected chi connectivity index (χ3v) is 26.4. The van der Waals surface area contributed by atoms with Crippen molar-refractivity contribution >= 4 is 41.6 Å². The summed E-state index contributed by atoms with van der Waals surface area (Å²) in [7, 11) is -1.53. The number of unbranched alkanes of at least 4 members (excludes halogenated alkanes) is 3. The number of halogens is 2. The van der Waals surface area contributed by atoms with E-state index in [1.54, 1.807) is 2.89 Å². The molecule has 28 heavy (non-hydrogen) atoms. The Hall–Kier alpha value is 0.536. The van der Waals surface area contributed by atoms with Gasteiger partial charge in [-0.15, -0.1) is 0 Å². The fourth-order valence-corrected chi connectivity index (χ4v) is 25.9. The first kappa shape index (κ1) is 24.8. The molecule has 0 aliphatic heterocycles. The minimum atomic E-state index is -2.71. The summed E-state index contributed by atoms with van der Waals surface area (Å²) in [5, 5.41) is 0. The predicted molar refractivity (Wildman–Crippen MR) is 125 cm³/mol. The van der Waals surface area contributed by atoms with Crippen LogP contribution < -0.4 is 2.89 Å². The second-order valence-electron chi connectivity index (χ2n) is 8.91. The van der Waals surface area contributed by atoms with E-state index in [0.29, 0.717) is 6.42 Å². The molecule has 0 fully saturated rings. The molecule has 1 aromatic rings. The number of fused-ring (bicyclic) bond motifs is 1. The number of aryl methyl sites for hydroxylation is 1. The van der Waals surface area contributed by atoms with E-state index >= 15 is 0 Å². The molecular weight excluding hydrogens is 497 g/mol. The third-order valence-electron chi connectivity index (χ3n) is 6.15. The molecule has 6 heteroatoms. The molecule has 0 bridgehead atoms. The summed E-state index contributed by atoms with van der Waals surface area (Å²) in [4.78, 5) is 1.21. The number of alkyl halides is 2. The van der Waals surface area contributed by atoms with Crippen LogP contribution in [0.15, 0.2) is 6.07 Å². The van der Waals surface area contributed by atoms with Crippen LogP contribution in [0.25, 0.3) is 0 Å². The Kier molecular flexibility index (Phi) is 9.95. The Morgan fingerprint density at radius 2 is 1.61 bits per heavy atom.